The van der Waals surface area contributed by atoms with Crippen molar-refractivity contribution in [1.29, 1.82) is 0 Å². The number of aliphatic hydroxyl groups excluding tert-OH is 1. The molecule has 0 aliphatic heterocycles. The number of unbranched alkanes of at least 4 members (excludes halogenated alkanes) is 46. The average Bonchev–Trinajstić information content (AvgIpc) is 1.63. The Kier molecular flexibility index (Phi) is 66.8. The number of phosphoric ester groups is 2. The Hall–Kier alpha value is -1.94. The molecule has 0 radical (unpaired) electrons. The molecular formula is C75H146O17P2. The van der Waals surface area contributed by atoms with E-state index >= 15 is 0 Å². The summed E-state index contributed by atoms with van der Waals surface area (Å²) >= 11 is 0. The van der Waals surface area contributed by atoms with Crippen molar-refractivity contribution in [1.82, 2.24) is 0 Å². The summed E-state index contributed by atoms with van der Waals surface area (Å²) in [6.07, 6.45) is 56.7. The van der Waals surface area contributed by atoms with Crippen molar-refractivity contribution >= 4 is 39.5 Å². The summed E-state index contributed by atoms with van der Waals surface area (Å²) in [5.41, 5.74) is 0. The lowest BCUT2D eigenvalue weighted by Gasteiger charge is -2.21. The van der Waals surface area contributed by atoms with Crippen LogP contribution in [0.15, 0.2) is 0 Å². The van der Waals surface area contributed by atoms with E-state index in [9.17, 15) is 43.2 Å². The number of phosphoric acid groups is 2. The summed E-state index contributed by atoms with van der Waals surface area (Å²) in [6, 6.07) is 0. The fourth-order valence-corrected chi connectivity index (χ4v) is 13.1. The third kappa shape index (κ3) is 67.3. The largest absolute Gasteiger partial charge is 0.472 e. The van der Waals surface area contributed by atoms with Crippen LogP contribution in [0.5, 0.6) is 0 Å². The van der Waals surface area contributed by atoms with Gasteiger partial charge in [0.2, 0.25) is 0 Å². The maximum atomic E-state index is 13.1. The molecule has 0 aliphatic rings. The minimum Gasteiger partial charge on any atom is -0.462 e. The van der Waals surface area contributed by atoms with Gasteiger partial charge < -0.3 is 33.8 Å². The van der Waals surface area contributed by atoms with E-state index in [0.29, 0.717) is 25.7 Å². The van der Waals surface area contributed by atoms with Crippen molar-refractivity contribution in [2.75, 3.05) is 39.6 Å². The third-order valence-electron chi connectivity index (χ3n) is 17.9. The Morgan fingerprint density at radius 2 is 0.511 bits per heavy atom. The molecule has 3 N–H and O–H groups in total. The van der Waals surface area contributed by atoms with Crippen molar-refractivity contribution < 1.29 is 80.2 Å². The number of hydrogen-bond donors (Lipinski definition) is 3. The zero-order valence-electron chi connectivity index (χ0n) is 61.1. The number of aliphatic hydroxyl groups is 1. The fourth-order valence-electron chi connectivity index (χ4n) is 11.5. The van der Waals surface area contributed by atoms with Gasteiger partial charge >= 0.3 is 39.5 Å². The van der Waals surface area contributed by atoms with Gasteiger partial charge in [0, 0.05) is 25.7 Å². The molecule has 0 aromatic carbocycles. The maximum Gasteiger partial charge on any atom is 0.472 e. The highest BCUT2D eigenvalue weighted by Crippen LogP contribution is 2.45. The number of rotatable bonds is 75. The zero-order chi connectivity index (χ0) is 69.1. The van der Waals surface area contributed by atoms with Crippen LogP contribution in [0.2, 0.25) is 0 Å². The lowest BCUT2D eigenvalue weighted by Crippen LogP contribution is -2.30. The van der Waals surface area contributed by atoms with Gasteiger partial charge in [0.05, 0.1) is 26.4 Å². The van der Waals surface area contributed by atoms with Gasteiger partial charge in [-0.15, -0.1) is 0 Å². The topological polar surface area (TPSA) is 237 Å². The van der Waals surface area contributed by atoms with E-state index in [-0.39, 0.29) is 25.7 Å². The molecule has 17 nitrogen and oxygen atoms in total. The molecule has 0 bridgehead atoms. The minimum atomic E-state index is -4.96. The predicted octanol–water partition coefficient (Wildman–Crippen LogP) is 22.1. The first-order chi connectivity index (χ1) is 45.6. The molecule has 0 saturated heterocycles. The van der Waals surface area contributed by atoms with Crippen LogP contribution in [0.1, 0.15) is 394 Å². The Labute approximate surface area is 575 Å². The number of ether oxygens (including phenoxy) is 4. The normalized spacial score (nSPS) is 14.3. The Balaban J connectivity index is 5.23. The first kappa shape index (κ1) is 92.1. The lowest BCUT2D eigenvalue weighted by molar-refractivity contribution is -0.161. The maximum absolute atomic E-state index is 13.1. The molecular weight excluding hydrogens is 1230 g/mol. The molecule has 0 aliphatic carbocycles. The van der Waals surface area contributed by atoms with E-state index < -0.39 is 97.5 Å². The SMILES string of the molecule is CCCCCCCCCCCCCCCCCCCCC(=O)O[C@H](COC(=O)CCCCCCCCCCCCC(C)CC)COP(=O)(O)OC[C@@H](O)COP(=O)(O)OC[C@@H](COC(=O)CCCCCCCCCCC)OC(=O)CCCCCCCCCCCCCCC. The molecule has 0 rings (SSSR count). The molecule has 0 heterocycles. The highest BCUT2D eigenvalue weighted by molar-refractivity contribution is 7.47. The van der Waals surface area contributed by atoms with Gasteiger partial charge in [-0.05, 0) is 31.6 Å². The number of carbonyl (C=O) groups excluding carboxylic acids is 4. The van der Waals surface area contributed by atoms with Crippen molar-refractivity contribution in [2.45, 2.75) is 412 Å². The summed E-state index contributed by atoms with van der Waals surface area (Å²) in [5.74, 6) is -1.30. The Morgan fingerprint density at radius 1 is 0.298 bits per heavy atom. The predicted molar refractivity (Wildman–Crippen MR) is 382 cm³/mol. The number of hydrogen-bond acceptors (Lipinski definition) is 15. The standard InChI is InChI=1S/C75H146O17P2/c1-6-10-13-16-19-22-24-26-27-28-29-30-32-34-41-46-51-56-61-75(80)92-71(65-86-73(78)59-54-49-44-39-36-35-38-42-47-52-57-68(5)9-4)67-90-94(83,84)88-63-69(76)62-87-93(81,82)89-66-70(64-85-72(77)58-53-48-43-37-21-18-15-12-8-3)91-74(79)60-55-50-45-40-33-31-25-23-20-17-14-11-7-2/h68-71,76H,6-67H2,1-5H3,(H,81,82)(H,83,84)/t68?,69-,70+,71+/m0/s1. The van der Waals surface area contributed by atoms with Crippen LogP contribution in [-0.2, 0) is 65.4 Å². The molecule has 6 atom stereocenters. The van der Waals surface area contributed by atoms with Crippen LogP contribution in [-0.4, -0.2) is 96.7 Å². The fraction of sp³-hybridized carbons (Fsp3) is 0.947. The second kappa shape index (κ2) is 68.2. The molecule has 94 heavy (non-hydrogen) atoms. The average molecular weight is 1380 g/mol. The smallest absolute Gasteiger partial charge is 0.462 e. The molecule has 0 amide bonds. The number of carbonyl (C=O) groups is 4. The summed E-state index contributed by atoms with van der Waals surface area (Å²) in [6.45, 7) is 7.30. The van der Waals surface area contributed by atoms with Crippen molar-refractivity contribution in [3.63, 3.8) is 0 Å². The minimum absolute atomic E-state index is 0.108. The van der Waals surface area contributed by atoms with Crippen LogP contribution in [0, 0.1) is 5.92 Å². The molecule has 558 valence electrons. The summed E-state index contributed by atoms with van der Waals surface area (Å²) in [7, 11) is -9.91. The van der Waals surface area contributed by atoms with Crippen molar-refractivity contribution in [3.8, 4) is 0 Å². The van der Waals surface area contributed by atoms with Gasteiger partial charge in [-0.2, -0.15) is 0 Å². The second-order valence-corrected chi connectivity index (χ2v) is 30.2. The van der Waals surface area contributed by atoms with Crippen molar-refractivity contribution in [2.24, 2.45) is 5.92 Å². The summed E-state index contributed by atoms with van der Waals surface area (Å²) in [5, 5.41) is 10.6. The van der Waals surface area contributed by atoms with Crippen LogP contribution in [0.25, 0.3) is 0 Å². The number of esters is 4. The van der Waals surface area contributed by atoms with Crippen molar-refractivity contribution in [3.05, 3.63) is 0 Å². The molecule has 0 fully saturated rings. The van der Waals surface area contributed by atoms with E-state index in [4.69, 9.17) is 37.0 Å². The molecule has 19 heteroatoms. The van der Waals surface area contributed by atoms with Gasteiger partial charge in [-0.3, -0.25) is 37.3 Å². The van der Waals surface area contributed by atoms with Gasteiger partial charge in [-0.25, -0.2) is 9.13 Å². The highest BCUT2D eigenvalue weighted by atomic mass is 31.2. The lowest BCUT2D eigenvalue weighted by atomic mass is 9.99. The molecule has 0 aromatic heterocycles. The molecule has 0 aromatic rings. The molecule has 3 unspecified atom stereocenters. The third-order valence-corrected chi connectivity index (χ3v) is 19.8. The first-order valence-electron chi connectivity index (χ1n) is 39.2. The molecule has 0 saturated carbocycles. The van der Waals surface area contributed by atoms with Crippen LogP contribution in [0.3, 0.4) is 0 Å². The van der Waals surface area contributed by atoms with Gasteiger partial charge in [-0.1, -0.05) is 343 Å². The highest BCUT2D eigenvalue weighted by Gasteiger charge is 2.30. The van der Waals surface area contributed by atoms with E-state index in [1.165, 1.54) is 218 Å². The monoisotopic (exact) mass is 1380 g/mol. The summed E-state index contributed by atoms with van der Waals surface area (Å²) < 4.78 is 68.5. The van der Waals surface area contributed by atoms with E-state index in [1.54, 1.807) is 0 Å². The quantitative estimate of drug-likeness (QED) is 0.0222. The zero-order valence-corrected chi connectivity index (χ0v) is 62.9. The second-order valence-electron chi connectivity index (χ2n) is 27.3. The first-order valence-corrected chi connectivity index (χ1v) is 42.2. The summed E-state index contributed by atoms with van der Waals surface area (Å²) in [4.78, 5) is 72.7. The van der Waals surface area contributed by atoms with Crippen LogP contribution in [0.4, 0.5) is 0 Å². The Bertz CT molecular complexity index is 1810. The Morgan fingerprint density at radius 3 is 0.755 bits per heavy atom. The van der Waals surface area contributed by atoms with Crippen LogP contribution < -0.4 is 0 Å². The van der Waals surface area contributed by atoms with Crippen LogP contribution >= 0.6 is 15.6 Å². The van der Waals surface area contributed by atoms with Gasteiger partial charge in [0.1, 0.15) is 19.3 Å². The van der Waals surface area contributed by atoms with E-state index in [1.807, 2.05) is 0 Å². The van der Waals surface area contributed by atoms with E-state index in [0.717, 1.165) is 95.8 Å². The van der Waals surface area contributed by atoms with Gasteiger partial charge in [0.25, 0.3) is 0 Å². The van der Waals surface area contributed by atoms with Gasteiger partial charge in [0.15, 0.2) is 12.2 Å². The molecule has 0 spiro atoms. The van der Waals surface area contributed by atoms with E-state index in [2.05, 4.69) is 34.6 Å².